The first-order valence-corrected chi connectivity index (χ1v) is 19.5. The number of thiophene rings is 1. The Morgan fingerprint density at radius 3 is 2.02 bits per heavy atom. The summed E-state index contributed by atoms with van der Waals surface area (Å²) in [4.78, 5) is 0. The highest BCUT2D eigenvalue weighted by Crippen LogP contribution is 2.53. The summed E-state index contributed by atoms with van der Waals surface area (Å²) in [6, 6.07) is 60.3. The lowest BCUT2D eigenvalue weighted by Crippen LogP contribution is -2.14. The lowest BCUT2D eigenvalue weighted by atomic mass is 9.81. The number of furan rings is 1. The Hall–Kier alpha value is -6.42. The van der Waals surface area contributed by atoms with Crippen LogP contribution in [0, 0.1) is 0 Å². The van der Waals surface area contributed by atoms with Gasteiger partial charge < -0.3 is 8.98 Å². The van der Waals surface area contributed by atoms with E-state index in [1.165, 1.54) is 103 Å². The smallest absolute Gasteiger partial charge is 0.143 e. The number of hydrogen-bond donors (Lipinski definition) is 0. The quantitative estimate of drug-likeness (QED) is 0.179. The van der Waals surface area contributed by atoms with Crippen molar-refractivity contribution in [2.24, 2.45) is 0 Å². The van der Waals surface area contributed by atoms with Gasteiger partial charge in [-0.2, -0.15) is 0 Å². The Labute approximate surface area is 316 Å². The number of para-hydroxylation sites is 2. The number of rotatable bonds is 3. The largest absolute Gasteiger partial charge is 0.455 e. The molecule has 54 heavy (non-hydrogen) atoms. The van der Waals surface area contributed by atoms with E-state index >= 15 is 0 Å². The van der Waals surface area contributed by atoms with E-state index < -0.39 is 0 Å². The minimum Gasteiger partial charge on any atom is -0.455 e. The molecule has 0 radical (unpaired) electrons. The maximum absolute atomic E-state index is 6.57. The highest BCUT2D eigenvalue weighted by atomic mass is 32.1. The first-order valence-electron chi connectivity index (χ1n) is 18.7. The molecule has 0 saturated carbocycles. The molecule has 3 heteroatoms. The maximum Gasteiger partial charge on any atom is 0.143 e. The first-order chi connectivity index (χ1) is 26.5. The average Bonchev–Trinajstić information content (AvgIpc) is 3.94. The summed E-state index contributed by atoms with van der Waals surface area (Å²) >= 11 is 1.89. The summed E-state index contributed by atoms with van der Waals surface area (Å²) in [5.74, 6) is 0. The van der Waals surface area contributed by atoms with Gasteiger partial charge in [-0.15, -0.1) is 11.3 Å². The summed E-state index contributed by atoms with van der Waals surface area (Å²) in [7, 11) is 0. The van der Waals surface area contributed by atoms with E-state index in [0.29, 0.717) is 0 Å². The maximum atomic E-state index is 6.57. The van der Waals surface area contributed by atoms with Gasteiger partial charge in [0.2, 0.25) is 0 Å². The molecular formula is C51H33NOS. The Bertz CT molecular complexity index is 3360. The van der Waals surface area contributed by atoms with Crippen LogP contribution in [0.1, 0.15) is 25.0 Å². The Morgan fingerprint density at radius 2 is 1.17 bits per heavy atom. The van der Waals surface area contributed by atoms with Crippen LogP contribution in [0.2, 0.25) is 0 Å². The zero-order chi connectivity index (χ0) is 35.7. The normalized spacial score (nSPS) is 13.5. The molecule has 0 N–H and O–H groups in total. The van der Waals surface area contributed by atoms with Gasteiger partial charge in [0.25, 0.3) is 0 Å². The summed E-state index contributed by atoms with van der Waals surface area (Å²) < 4.78 is 11.7. The lowest BCUT2D eigenvalue weighted by Gasteiger charge is -2.22. The molecule has 3 heterocycles. The number of fused-ring (bicyclic) bond motifs is 13. The molecule has 254 valence electrons. The van der Waals surface area contributed by atoms with Crippen LogP contribution in [0.25, 0.3) is 103 Å². The fourth-order valence-electron chi connectivity index (χ4n) is 9.38. The highest BCUT2D eigenvalue weighted by molar-refractivity contribution is 7.26. The molecule has 0 unspecified atom stereocenters. The number of hydrogen-bond acceptors (Lipinski definition) is 2. The van der Waals surface area contributed by atoms with Crippen molar-refractivity contribution in [3.05, 3.63) is 175 Å². The second-order valence-corrected chi connectivity index (χ2v) is 16.3. The van der Waals surface area contributed by atoms with E-state index in [9.17, 15) is 0 Å². The van der Waals surface area contributed by atoms with Crippen LogP contribution < -0.4 is 0 Å². The molecule has 0 aliphatic heterocycles. The molecular weight excluding hydrogens is 675 g/mol. The molecule has 3 aromatic heterocycles. The zero-order valence-electron chi connectivity index (χ0n) is 29.9. The van der Waals surface area contributed by atoms with Crippen LogP contribution in [-0.4, -0.2) is 4.57 Å². The molecule has 1 aliphatic carbocycles. The van der Waals surface area contributed by atoms with Crippen LogP contribution >= 0.6 is 11.3 Å². The van der Waals surface area contributed by atoms with Gasteiger partial charge in [-0.1, -0.05) is 123 Å². The van der Waals surface area contributed by atoms with Gasteiger partial charge in [0.1, 0.15) is 11.2 Å². The van der Waals surface area contributed by atoms with Gasteiger partial charge >= 0.3 is 0 Å². The topological polar surface area (TPSA) is 18.1 Å². The van der Waals surface area contributed by atoms with Gasteiger partial charge in [-0.25, -0.2) is 0 Å². The molecule has 0 atom stereocenters. The summed E-state index contributed by atoms with van der Waals surface area (Å²) in [6.45, 7) is 4.70. The highest BCUT2D eigenvalue weighted by Gasteiger charge is 2.38. The third kappa shape index (κ3) is 4.05. The molecule has 11 aromatic rings. The van der Waals surface area contributed by atoms with Crippen molar-refractivity contribution in [3.8, 4) is 39.1 Å². The van der Waals surface area contributed by atoms with Crippen molar-refractivity contribution in [3.63, 3.8) is 0 Å². The van der Waals surface area contributed by atoms with Crippen molar-refractivity contribution in [2.75, 3.05) is 0 Å². The van der Waals surface area contributed by atoms with E-state index in [-0.39, 0.29) is 5.41 Å². The van der Waals surface area contributed by atoms with Crippen molar-refractivity contribution >= 4 is 75.3 Å². The molecule has 8 aromatic carbocycles. The molecule has 0 fully saturated rings. The fraction of sp³-hybridized carbons (Fsp3) is 0.0588. The van der Waals surface area contributed by atoms with Crippen LogP contribution in [0.3, 0.4) is 0 Å². The molecule has 0 spiro atoms. The third-order valence-electron chi connectivity index (χ3n) is 12.0. The third-order valence-corrected chi connectivity index (χ3v) is 13.2. The Kier molecular flexibility index (Phi) is 6.03. The SMILES string of the molecule is CC1(C)c2cc(-c3ccc4c(c3)c3cc(-c5cccc6c5sc5ccccc56)ccc3n4-c3ccccc3)ccc2-c2c1ccc1c2oc2ccccc21. The van der Waals surface area contributed by atoms with Gasteiger partial charge in [0.05, 0.1) is 11.0 Å². The summed E-state index contributed by atoms with van der Waals surface area (Å²) in [6.07, 6.45) is 0. The van der Waals surface area contributed by atoms with E-state index in [2.05, 4.69) is 182 Å². The van der Waals surface area contributed by atoms with Gasteiger partial charge in [0, 0.05) is 58.4 Å². The monoisotopic (exact) mass is 707 g/mol. The minimum absolute atomic E-state index is 0.163. The predicted octanol–water partition coefficient (Wildman–Crippen LogP) is 14.7. The molecule has 12 rings (SSSR count). The summed E-state index contributed by atoms with van der Waals surface area (Å²) in [5, 5.41) is 7.51. The predicted molar refractivity (Wildman–Crippen MR) is 229 cm³/mol. The Morgan fingerprint density at radius 1 is 0.481 bits per heavy atom. The van der Waals surface area contributed by atoms with Crippen LogP contribution in [0.15, 0.2) is 168 Å². The number of aromatic nitrogens is 1. The van der Waals surface area contributed by atoms with E-state index in [0.717, 1.165) is 11.2 Å². The standard InChI is InChI=1S/C51H33NOS/c1-51(2)42-24-23-37-35-13-6-8-17-46(35)53-49(37)48(42)39-22-19-31(29-43(39)51)30-20-25-44-40(27-30)41-28-32(21-26-45(41)52(44)33-11-4-3-5-12-33)34-15-10-16-38-36-14-7-9-18-47(36)54-50(34)38/h3-29H,1-2H3. The summed E-state index contributed by atoms with van der Waals surface area (Å²) in [5.41, 5.74) is 15.5. The van der Waals surface area contributed by atoms with Crippen molar-refractivity contribution in [2.45, 2.75) is 19.3 Å². The molecule has 1 aliphatic rings. The molecule has 2 nitrogen and oxygen atoms in total. The molecule has 0 amide bonds. The first kappa shape index (κ1) is 30.1. The fourth-order valence-corrected chi connectivity index (χ4v) is 10.6. The van der Waals surface area contributed by atoms with Crippen molar-refractivity contribution in [1.82, 2.24) is 4.57 Å². The minimum atomic E-state index is -0.163. The average molecular weight is 708 g/mol. The van der Waals surface area contributed by atoms with E-state index in [1.54, 1.807) is 0 Å². The lowest BCUT2D eigenvalue weighted by molar-refractivity contribution is 0.653. The zero-order valence-corrected chi connectivity index (χ0v) is 30.7. The number of nitrogens with zero attached hydrogens (tertiary/aromatic N) is 1. The van der Waals surface area contributed by atoms with Gasteiger partial charge in [0.15, 0.2) is 0 Å². The van der Waals surface area contributed by atoms with Crippen LogP contribution in [0.5, 0.6) is 0 Å². The van der Waals surface area contributed by atoms with Gasteiger partial charge in [-0.05, 0) is 93.5 Å². The van der Waals surface area contributed by atoms with Crippen molar-refractivity contribution < 1.29 is 4.42 Å². The number of benzene rings is 8. The second-order valence-electron chi connectivity index (χ2n) is 15.3. The van der Waals surface area contributed by atoms with E-state index in [4.69, 9.17) is 4.42 Å². The van der Waals surface area contributed by atoms with Crippen molar-refractivity contribution in [1.29, 1.82) is 0 Å². The molecule has 0 bridgehead atoms. The van der Waals surface area contributed by atoms with Gasteiger partial charge in [-0.3, -0.25) is 0 Å². The van der Waals surface area contributed by atoms with Crippen LogP contribution in [0.4, 0.5) is 0 Å². The second kappa shape index (κ2) is 10.8. The van der Waals surface area contributed by atoms with E-state index in [1.807, 2.05) is 11.3 Å². The van der Waals surface area contributed by atoms with Crippen LogP contribution in [-0.2, 0) is 5.41 Å². The molecule has 0 saturated heterocycles. The Balaban J connectivity index is 1.06.